The van der Waals surface area contributed by atoms with Crippen LogP contribution < -0.4 is 0 Å². The maximum absolute atomic E-state index is 10.7. The van der Waals surface area contributed by atoms with Gasteiger partial charge in [-0.05, 0) is 104 Å². The van der Waals surface area contributed by atoms with E-state index in [4.69, 9.17) is 0 Å². The van der Waals surface area contributed by atoms with Crippen molar-refractivity contribution in [2.24, 2.45) is 52.3 Å². The maximum atomic E-state index is 10.7. The Bertz CT molecular complexity index is 575. The topological polar surface area (TPSA) is 20.2 Å². The van der Waals surface area contributed by atoms with Gasteiger partial charge in [0.05, 0.1) is 6.10 Å². The molecule has 0 aliphatic heterocycles. The fraction of sp³-hybridized carbons (Fsp3) is 1.00. The zero-order valence-electron chi connectivity index (χ0n) is 19.8. The molecule has 0 aromatic rings. The van der Waals surface area contributed by atoms with E-state index in [1.165, 1.54) is 64.2 Å². The predicted octanol–water partition coefficient (Wildman–Crippen LogP) is 7.88. The minimum absolute atomic E-state index is 0.0683. The van der Waals surface area contributed by atoms with E-state index in [1.807, 2.05) is 0 Å². The molecular weight excluding hydrogens is 467 g/mol. The van der Waals surface area contributed by atoms with E-state index in [0.29, 0.717) is 14.8 Å². The predicted molar refractivity (Wildman–Crippen MR) is 132 cm³/mol. The lowest BCUT2D eigenvalue weighted by Crippen LogP contribution is -2.56. The maximum Gasteiger partial charge on any atom is 0.0663 e. The van der Waals surface area contributed by atoms with E-state index in [9.17, 15) is 5.11 Å². The molecule has 0 unspecified atom stereocenters. The molecule has 0 radical (unpaired) electrons. The lowest BCUT2D eigenvalue weighted by molar-refractivity contribution is -0.130. The molecule has 4 fully saturated rings. The zero-order chi connectivity index (χ0) is 21.0. The van der Waals surface area contributed by atoms with Gasteiger partial charge in [-0.3, -0.25) is 0 Å². The first-order valence-corrected chi connectivity index (χ1v) is 14.2. The number of aliphatic hydroxyl groups excluding tert-OH is 1. The number of halogens is 1. The molecule has 0 amide bonds. The molecule has 10 atom stereocenters. The van der Waals surface area contributed by atoms with Crippen LogP contribution in [0.25, 0.3) is 0 Å². The van der Waals surface area contributed by atoms with E-state index in [2.05, 4.69) is 57.2 Å². The van der Waals surface area contributed by atoms with Crippen molar-refractivity contribution >= 4 is 22.6 Å². The van der Waals surface area contributed by atoms with E-state index in [1.54, 1.807) is 0 Å². The summed E-state index contributed by atoms with van der Waals surface area (Å²) in [6.45, 7) is 12.6. The van der Waals surface area contributed by atoms with Crippen LogP contribution in [0.3, 0.4) is 0 Å². The Labute approximate surface area is 194 Å². The van der Waals surface area contributed by atoms with Crippen molar-refractivity contribution in [2.75, 3.05) is 0 Å². The zero-order valence-corrected chi connectivity index (χ0v) is 22.0. The summed E-state index contributed by atoms with van der Waals surface area (Å²) in [5.74, 6) is 6.38. The number of hydrogen-bond donors (Lipinski definition) is 1. The normalized spacial score (nSPS) is 50.7. The highest BCUT2D eigenvalue weighted by atomic mass is 127. The number of fused-ring (bicyclic) bond motifs is 5. The Morgan fingerprint density at radius 2 is 1.66 bits per heavy atom. The van der Waals surface area contributed by atoms with Crippen molar-refractivity contribution in [2.45, 2.75) is 115 Å². The van der Waals surface area contributed by atoms with Crippen molar-refractivity contribution in [3.63, 3.8) is 0 Å². The Kier molecular flexibility index (Phi) is 6.75. The number of rotatable bonds is 5. The second-order valence-corrected chi connectivity index (χ2v) is 14.3. The third kappa shape index (κ3) is 3.98. The molecule has 29 heavy (non-hydrogen) atoms. The van der Waals surface area contributed by atoms with Crippen LogP contribution in [0.15, 0.2) is 0 Å². The fourth-order valence-corrected chi connectivity index (χ4v) is 10.1. The van der Waals surface area contributed by atoms with Crippen LogP contribution in [-0.4, -0.2) is 15.1 Å². The van der Waals surface area contributed by atoms with Crippen LogP contribution in [0.1, 0.15) is 105 Å². The average Bonchev–Trinajstić information content (AvgIpc) is 3.00. The van der Waals surface area contributed by atoms with Gasteiger partial charge in [0.15, 0.2) is 0 Å². The molecular formula is C27H47IO. The number of alkyl halides is 1. The van der Waals surface area contributed by atoms with Crippen LogP contribution >= 0.6 is 22.6 Å². The summed E-state index contributed by atoms with van der Waals surface area (Å²) in [4.78, 5) is 0. The first-order chi connectivity index (χ1) is 13.7. The van der Waals surface area contributed by atoms with E-state index in [0.717, 1.165) is 47.8 Å². The van der Waals surface area contributed by atoms with Crippen molar-refractivity contribution < 1.29 is 5.11 Å². The van der Waals surface area contributed by atoms with Gasteiger partial charge in [-0.25, -0.2) is 0 Å². The molecule has 4 rings (SSSR count). The highest BCUT2D eigenvalue weighted by molar-refractivity contribution is 14.1. The standard InChI is InChI=1S/C27H47IO/c1-17(2)7-6-8-18(3)21-11-12-22-20-10-9-19-15-24(28)25(29)16-27(19,5)23(20)13-14-26(21,22)4/h17-25,29H,6-16H2,1-5H3/t18-,19+,20+,21+,22-,23-,24+,25-,26+,27+/m1/s1. The first-order valence-electron chi connectivity index (χ1n) is 13.0. The van der Waals surface area contributed by atoms with E-state index < -0.39 is 0 Å². The Balaban J connectivity index is 1.47. The summed E-state index contributed by atoms with van der Waals surface area (Å²) >= 11 is 2.53. The minimum Gasteiger partial charge on any atom is -0.392 e. The quantitative estimate of drug-likeness (QED) is 0.292. The summed E-state index contributed by atoms with van der Waals surface area (Å²) in [6.07, 6.45) is 15.4. The fourth-order valence-electron chi connectivity index (χ4n) is 9.27. The molecule has 0 heterocycles. The molecule has 0 aromatic carbocycles. The molecule has 0 spiro atoms. The second kappa shape index (κ2) is 8.56. The van der Waals surface area contributed by atoms with Gasteiger partial charge in [-0.2, -0.15) is 0 Å². The molecule has 4 aliphatic carbocycles. The van der Waals surface area contributed by atoms with Gasteiger partial charge < -0.3 is 5.11 Å². The van der Waals surface area contributed by atoms with E-state index in [-0.39, 0.29) is 6.10 Å². The monoisotopic (exact) mass is 514 g/mol. The molecule has 0 bridgehead atoms. The minimum atomic E-state index is -0.0683. The van der Waals surface area contributed by atoms with Gasteiger partial charge >= 0.3 is 0 Å². The van der Waals surface area contributed by atoms with Crippen LogP contribution in [0.2, 0.25) is 0 Å². The lowest BCUT2D eigenvalue weighted by atomic mass is 9.44. The van der Waals surface area contributed by atoms with Gasteiger partial charge in [0.2, 0.25) is 0 Å². The lowest BCUT2D eigenvalue weighted by Gasteiger charge is -2.61. The SMILES string of the molecule is CC(C)CCC[C@@H](C)[C@@H]1CC[C@@H]2[C@@H]3CC[C@H]4C[C@H](I)[C@H](O)C[C@]4(C)[C@@H]3CC[C@]21C. The van der Waals surface area contributed by atoms with Crippen LogP contribution in [0.4, 0.5) is 0 Å². The van der Waals surface area contributed by atoms with E-state index >= 15 is 0 Å². The third-order valence-corrected chi connectivity index (χ3v) is 12.2. The van der Waals surface area contributed by atoms with Crippen LogP contribution in [-0.2, 0) is 0 Å². The molecule has 2 heteroatoms. The summed E-state index contributed by atoms with van der Waals surface area (Å²) in [5.41, 5.74) is 1.01. The molecule has 4 saturated carbocycles. The molecule has 1 N–H and O–H groups in total. The summed E-state index contributed by atoms with van der Waals surface area (Å²) in [5, 5.41) is 10.7. The van der Waals surface area contributed by atoms with Gasteiger partial charge in [-0.15, -0.1) is 0 Å². The molecule has 0 saturated heterocycles. The summed E-state index contributed by atoms with van der Waals surface area (Å²) in [7, 11) is 0. The average molecular weight is 515 g/mol. The van der Waals surface area contributed by atoms with Crippen LogP contribution in [0, 0.1) is 52.3 Å². The van der Waals surface area contributed by atoms with Gasteiger partial charge in [0.25, 0.3) is 0 Å². The largest absolute Gasteiger partial charge is 0.392 e. The molecule has 0 aromatic heterocycles. The van der Waals surface area contributed by atoms with Gasteiger partial charge in [-0.1, -0.05) is 76.5 Å². The first kappa shape index (κ1) is 22.9. The van der Waals surface area contributed by atoms with Crippen molar-refractivity contribution in [1.82, 2.24) is 0 Å². The Morgan fingerprint density at radius 1 is 0.931 bits per heavy atom. The smallest absolute Gasteiger partial charge is 0.0663 e. The number of aliphatic hydroxyl groups is 1. The Hall–Kier alpha value is 0.690. The van der Waals surface area contributed by atoms with Crippen molar-refractivity contribution in [3.8, 4) is 0 Å². The number of hydrogen-bond acceptors (Lipinski definition) is 1. The molecule has 1 nitrogen and oxygen atoms in total. The molecule has 4 aliphatic rings. The summed E-state index contributed by atoms with van der Waals surface area (Å²) in [6, 6.07) is 0. The highest BCUT2D eigenvalue weighted by Crippen LogP contribution is 2.68. The second-order valence-electron chi connectivity index (χ2n) is 12.7. The third-order valence-electron chi connectivity index (χ3n) is 10.8. The highest BCUT2D eigenvalue weighted by Gasteiger charge is 2.61. The van der Waals surface area contributed by atoms with Crippen molar-refractivity contribution in [3.05, 3.63) is 0 Å². The van der Waals surface area contributed by atoms with Crippen LogP contribution in [0.5, 0.6) is 0 Å². The van der Waals surface area contributed by atoms with Crippen molar-refractivity contribution in [1.29, 1.82) is 0 Å². The van der Waals surface area contributed by atoms with Gasteiger partial charge in [0.1, 0.15) is 0 Å². The summed E-state index contributed by atoms with van der Waals surface area (Å²) < 4.78 is 0.485. The van der Waals surface area contributed by atoms with Gasteiger partial charge in [0, 0.05) is 3.92 Å². The Morgan fingerprint density at radius 3 is 2.38 bits per heavy atom. The molecule has 168 valence electrons.